The minimum atomic E-state index is -0.0173. The molecule has 27 heavy (non-hydrogen) atoms. The van der Waals surface area contributed by atoms with E-state index >= 15 is 0 Å². The van der Waals surface area contributed by atoms with Crippen LogP contribution in [-0.4, -0.2) is 70.1 Å². The number of amides is 1. The largest absolute Gasteiger partial charge is 0.369 e. The number of rotatable bonds is 3. The summed E-state index contributed by atoms with van der Waals surface area (Å²) in [5.74, 6) is 0.344. The van der Waals surface area contributed by atoms with Crippen LogP contribution < -0.4 is 10.5 Å². The summed E-state index contributed by atoms with van der Waals surface area (Å²) >= 11 is 0. The lowest BCUT2D eigenvalue weighted by Gasteiger charge is -2.38. The molecular formula is C20H25N5O2. The summed E-state index contributed by atoms with van der Waals surface area (Å²) in [5, 5.41) is 0.652. The first-order valence-electron chi connectivity index (χ1n) is 9.87. The number of likely N-dealkylation sites (tertiary alicyclic amines) is 1. The molecule has 0 N–H and O–H groups in total. The van der Waals surface area contributed by atoms with Gasteiger partial charge >= 0.3 is 0 Å². The van der Waals surface area contributed by atoms with Crippen LogP contribution in [0.1, 0.15) is 19.3 Å². The molecule has 1 unspecified atom stereocenters. The van der Waals surface area contributed by atoms with Crippen LogP contribution in [0, 0.1) is 0 Å². The molecule has 1 aliphatic carbocycles. The van der Waals surface area contributed by atoms with Crippen LogP contribution in [0.4, 0.5) is 5.69 Å². The molecule has 2 saturated heterocycles. The lowest BCUT2D eigenvalue weighted by Crippen LogP contribution is -2.52. The number of carbonyl (C=O) groups is 1. The molecule has 0 bridgehead atoms. The van der Waals surface area contributed by atoms with E-state index in [1.165, 1.54) is 17.4 Å². The number of anilines is 1. The number of fused-ring (bicyclic) bond motifs is 1. The van der Waals surface area contributed by atoms with E-state index in [2.05, 4.69) is 19.7 Å². The van der Waals surface area contributed by atoms with Crippen LogP contribution in [0.2, 0.25) is 0 Å². The number of carbonyl (C=O) groups excluding carboxylic acids is 1. The fourth-order valence-corrected chi connectivity index (χ4v) is 4.46. The van der Waals surface area contributed by atoms with E-state index in [4.69, 9.17) is 0 Å². The van der Waals surface area contributed by atoms with Gasteiger partial charge in [-0.05, 0) is 37.5 Å². The zero-order chi connectivity index (χ0) is 18.5. The van der Waals surface area contributed by atoms with Gasteiger partial charge in [-0.3, -0.25) is 14.5 Å². The average molecular weight is 367 g/mol. The second-order valence-corrected chi connectivity index (χ2v) is 7.95. The van der Waals surface area contributed by atoms with E-state index in [9.17, 15) is 9.59 Å². The van der Waals surface area contributed by atoms with Crippen LogP contribution in [0.25, 0.3) is 10.9 Å². The fraction of sp³-hybridized carbons (Fsp3) is 0.550. The van der Waals surface area contributed by atoms with E-state index < -0.39 is 0 Å². The molecule has 1 aromatic carbocycles. The minimum absolute atomic E-state index is 0.0173. The zero-order valence-corrected chi connectivity index (χ0v) is 15.7. The third kappa shape index (κ3) is 2.90. The summed E-state index contributed by atoms with van der Waals surface area (Å²) in [4.78, 5) is 36.0. The van der Waals surface area contributed by atoms with Gasteiger partial charge in [-0.2, -0.15) is 0 Å². The highest BCUT2D eigenvalue weighted by atomic mass is 16.2. The van der Waals surface area contributed by atoms with Crippen molar-refractivity contribution in [3.05, 3.63) is 34.9 Å². The first kappa shape index (κ1) is 16.7. The Kier molecular flexibility index (Phi) is 3.93. The first-order chi connectivity index (χ1) is 13.1. The van der Waals surface area contributed by atoms with E-state index in [0.29, 0.717) is 17.3 Å². The van der Waals surface area contributed by atoms with Crippen molar-refractivity contribution in [3.63, 3.8) is 0 Å². The fourth-order valence-electron chi connectivity index (χ4n) is 4.46. The molecule has 7 nitrogen and oxygen atoms in total. The van der Waals surface area contributed by atoms with E-state index in [-0.39, 0.29) is 11.6 Å². The monoisotopic (exact) mass is 367 g/mol. The molecular weight excluding hydrogens is 342 g/mol. The Labute approximate surface area is 158 Å². The topological polar surface area (TPSA) is 61.7 Å². The van der Waals surface area contributed by atoms with Crippen molar-refractivity contribution in [2.45, 2.75) is 31.3 Å². The van der Waals surface area contributed by atoms with E-state index in [1.54, 1.807) is 13.4 Å². The maximum Gasteiger partial charge on any atom is 0.260 e. The normalized spacial score (nSPS) is 24.2. The summed E-state index contributed by atoms with van der Waals surface area (Å²) in [6, 6.07) is 6.49. The second kappa shape index (κ2) is 6.34. The molecule has 3 fully saturated rings. The minimum Gasteiger partial charge on any atom is -0.369 e. The van der Waals surface area contributed by atoms with Crippen LogP contribution in [0.3, 0.4) is 0 Å². The van der Waals surface area contributed by atoms with Crippen molar-refractivity contribution in [3.8, 4) is 0 Å². The Balaban J connectivity index is 1.28. The molecule has 3 aliphatic rings. The maximum absolute atomic E-state index is 12.7. The molecule has 1 aromatic heterocycles. The summed E-state index contributed by atoms with van der Waals surface area (Å²) in [6.07, 6.45) is 4.92. The Bertz CT molecular complexity index is 943. The van der Waals surface area contributed by atoms with Crippen molar-refractivity contribution in [2.75, 3.05) is 37.6 Å². The molecule has 2 aliphatic heterocycles. The molecule has 3 heterocycles. The Hall–Kier alpha value is -2.41. The highest BCUT2D eigenvalue weighted by molar-refractivity contribution is 5.84. The van der Waals surface area contributed by atoms with Gasteiger partial charge in [0, 0.05) is 51.5 Å². The standard InChI is InChI=1S/C20H25N5O2/c1-22-13-21-17-12-15(4-5-16(17)19(22)26)23-8-10-24(11-9-23)18-6-7-25(20(18)27)14-2-3-14/h4-5,12-14,18H,2-3,6-11H2,1H3. The van der Waals surface area contributed by atoms with Crippen molar-refractivity contribution in [2.24, 2.45) is 7.05 Å². The Morgan fingerprint density at radius 3 is 2.52 bits per heavy atom. The first-order valence-corrected chi connectivity index (χ1v) is 9.87. The van der Waals surface area contributed by atoms with Crippen molar-refractivity contribution < 1.29 is 4.79 Å². The second-order valence-electron chi connectivity index (χ2n) is 7.95. The number of nitrogens with zero attached hydrogens (tertiary/aromatic N) is 5. The molecule has 1 saturated carbocycles. The van der Waals surface area contributed by atoms with Gasteiger partial charge in [0.15, 0.2) is 0 Å². The number of hydrogen-bond donors (Lipinski definition) is 0. The average Bonchev–Trinajstić information content (AvgIpc) is 3.47. The quantitative estimate of drug-likeness (QED) is 0.804. The lowest BCUT2D eigenvalue weighted by molar-refractivity contribution is -0.132. The molecule has 7 heteroatoms. The van der Waals surface area contributed by atoms with Crippen LogP contribution >= 0.6 is 0 Å². The van der Waals surface area contributed by atoms with E-state index in [1.807, 2.05) is 18.2 Å². The lowest BCUT2D eigenvalue weighted by atomic mass is 10.1. The van der Waals surface area contributed by atoms with E-state index in [0.717, 1.165) is 50.3 Å². The molecule has 0 radical (unpaired) electrons. The van der Waals surface area contributed by atoms with Gasteiger partial charge in [0.1, 0.15) is 0 Å². The predicted octanol–water partition coefficient (Wildman–Crippen LogP) is 0.819. The van der Waals surface area contributed by atoms with Crippen molar-refractivity contribution in [1.82, 2.24) is 19.4 Å². The highest BCUT2D eigenvalue weighted by Crippen LogP contribution is 2.32. The third-order valence-corrected chi connectivity index (χ3v) is 6.22. The zero-order valence-electron chi connectivity index (χ0n) is 15.7. The van der Waals surface area contributed by atoms with Gasteiger partial charge in [-0.15, -0.1) is 0 Å². The van der Waals surface area contributed by atoms with Crippen molar-refractivity contribution >= 4 is 22.5 Å². The Morgan fingerprint density at radius 1 is 1.00 bits per heavy atom. The number of aryl methyl sites for hydroxylation is 1. The molecule has 1 atom stereocenters. The van der Waals surface area contributed by atoms with Crippen molar-refractivity contribution in [1.29, 1.82) is 0 Å². The molecule has 1 amide bonds. The smallest absolute Gasteiger partial charge is 0.260 e. The maximum atomic E-state index is 12.7. The number of aromatic nitrogens is 2. The van der Waals surface area contributed by atoms with Gasteiger partial charge in [0.25, 0.3) is 5.56 Å². The summed E-state index contributed by atoms with van der Waals surface area (Å²) in [5.41, 5.74) is 1.82. The summed E-state index contributed by atoms with van der Waals surface area (Å²) < 4.78 is 1.50. The van der Waals surface area contributed by atoms with Gasteiger partial charge in [0.2, 0.25) is 5.91 Å². The molecule has 2 aromatic rings. The number of hydrogen-bond acceptors (Lipinski definition) is 5. The predicted molar refractivity (Wildman–Crippen MR) is 104 cm³/mol. The SMILES string of the molecule is Cn1cnc2cc(N3CCN(C4CCN(C5CC5)C4=O)CC3)ccc2c1=O. The highest BCUT2D eigenvalue weighted by Gasteiger charge is 2.43. The number of benzene rings is 1. The molecule has 142 valence electrons. The summed E-state index contributed by atoms with van der Waals surface area (Å²) in [7, 11) is 1.72. The Morgan fingerprint density at radius 2 is 1.78 bits per heavy atom. The third-order valence-electron chi connectivity index (χ3n) is 6.22. The van der Waals surface area contributed by atoms with Crippen LogP contribution in [-0.2, 0) is 11.8 Å². The van der Waals surface area contributed by atoms with Crippen LogP contribution in [0.15, 0.2) is 29.3 Å². The molecule has 5 rings (SSSR count). The van der Waals surface area contributed by atoms with Gasteiger partial charge in [-0.25, -0.2) is 4.98 Å². The van der Waals surface area contributed by atoms with Gasteiger partial charge in [0.05, 0.1) is 23.3 Å². The summed E-state index contributed by atoms with van der Waals surface area (Å²) in [6.45, 7) is 4.51. The number of piperazine rings is 1. The van der Waals surface area contributed by atoms with Gasteiger partial charge < -0.3 is 14.4 Å². The van der Waals surface area contributed by atoms with Crippen LogP contribution in [0.5, 0.6) is 0 Å². The molecule has 0 spiro atoms. The van der Waals surface area contributed by atoms with Gasteiger partial charge in [-0.1, -0.05) is 0 Å².